The van der Waals surface area contributed by atoms with Gasteiger partial charge in [-0.05, 0) is 12.8 Å². The zero-order valence-corrected chi connectivity index (χ0v) is 6.56. The molecule has 1 aliphatic heterocycles. The zero-order valence-electron chi connectivity index (χ0n) is 6.56. The van der Waals surface area contributed by atoms with Gasteiger partial charge < -0.3 is 14.7 Å². The van der Waals surface area contributed by atoms with Crippen molar-refractivity contribution in [1.82, 2.24) is 4.90 Å². The normalized spacial score (nSPS) is 18.5. The number of likely N-dealkylation sites (tertiary alicyclic amines) is 1. The Labute approximate surface area is 70.1 Å². The second kappa shape index (κ2) is 3.93. The Morgan fingerprint density at radius 3 is 2.67 bits per heavy atom. The molecule has 0 aromatic heterocycles. The standard InChI is InChI=1S/C7H10N2O3/c8-5-6(10)12-7(11)9-3-1-2-4-9/h6,10H,1-4H2. The van der Waals surface area contributed by atoms with Crippen molar-refractivity contribution in [3.63, 3.8) is 0 Å². The Hall–Kier alpha value is -1.28. The topological polar surface area (TPSA) is 73.6 Å². The highest BCUT2D eigenvalue weighted by atomic mass is 16.6. The molecule has 1 rings (SSSR count). The fourth-order valence-electron chi connectivity index (χ4n) is 1.10. The number of carbonyl (C=O) groups excluding carboxylic acids is 1. The Kier molecular flexibility index (Phi) is 2.88. The van der Waals surface area contributed by atoms with E-state index in [0.717, 1.165) is 12.8 Å². The van der Waals surface area contributed by atoms with Gasteiger partial charge in [-0.1, -0.05) is 0 Å². The average Bonchev–Trinajstić information content (AvgIpc) is 2.56. The van der Waals surface area contributed by atoms with Crippen LogP contribution in [0.1, 0.15) is 12.8 Å². The summed E-state index contributed by atoms with van der Waals surface area (Å²) in [4.78, 5) is 12.5. The van der Waals surface area contributed by atoms with E-state index in [1.54, 1.807) is 0 Å². The molecular weight excluding hydrogens is 160 g/mol. The summed E-state index contributed by atoms with van der Waals surface area (Å²) in [5.41, 5.74) is 0. The van der Waals surface area contributed by atoms with E-state index >= 15 is 0 Å². The van der Waals surface area contributed by atoms with Crippen LogP contribution in [0, 0.1) is 11.3 Å². The molecule has 0 aliphatic carbocycles. The van der Waals surface area contributed by atoms with Crippen LogP contribution < -0.4 is 0 Å². The summed E-state index contributed by atoms with van der Waals surface area (Å²) in [7, 11) is 0. The lowest BCUT2D eigenvalue weighted by Gasteiger charge is -2.14. The summed E-state index contributed by atoms with van der Waals surface area (Å²) in [6, 6.07) is 1.41. The SMILES string of the molecule is N#CC(O)OC(=O)N1CCCC1. The monoisotopic (exact) mass is 170 g/mol. The summed E-state index contributed by atoms with van der Waals surface area (Å²) in [6.45, 7) is 1.30. The van der Waals surface area contributed by atoms with Gasteiger partial charge in [-0.15, -0.1) is 0 Å². The predicted octanol–water partition coefficient (Wildman–Crippen LogP) is 0.0608. The smallest absolute Gasteiger partial charge is 0.405 e. The zero-order chi connectivity index (χ0) is 8.97. The minimum absolute atomic E-state index is 0.610. The fourth-order valence-corrected chi connectivity index (χ4v) is 1.10. The van der Waals surface area contributed by atoms with E-state index < -0.39 is 12.4 Å². The van der Waals surface area contributed by atoms with Crippen molar-refractivity contribution < 1.29 is 14.6 Å². The van der Waals surface area contributed by atoms with E-state index in [2.05, 4.69) is 4.74 Å². The van der Waals surface area contributed by atoms with Crippen molar-refractivity contribution in [3.05, 3.63) is 0 Å². The highest BCUT2D eigenvalue weighted by Crippen LogP contribution is 2.09. The molecule has 1 N–H and O–H groups in total. The number of nitriles is 1. The van der Waals surface area contributed by atoms with Crippen molar-refractivity contribution in [2.24, 2.45) is 0 Å². The Balaban J connectivity index is 2.33. The maximum absolute atomic E-state index is 11.0. The van der Waals surface area contributed by atoms with Gasteiger partial charge in [0.15, 0.2) is 0 Å². The Morgan fingerprint density at radius 1 is 1.58 bits per heavy atom. The molecule has 66 valence electrons. The molecule has 1 fully saturated rings. The number of aliphatic hydroxyl groups excluding tert-OH is 1. The van der Waals surface area contributed by atoms with Crippen molar-refractivity contribution in [3.8, 4) is 6.07 Å². The Morgan fingerprint density at radius 2 is 2.17 bits per heavy atom. The number of carbonyl (C=O) groups is 1. The predicted molar refractivity (Wildman–Crippen MR) is 38.9 cm³/mol. The van der Waals surface area contributed by atoms with Gasteiger partial charge in [-0.2, -0.15) is 5.26 Å². The molecule has 0 radical (unpaired) electrons. The van der Waals surface area contributed by atoms with Gasteiger partial charge in [0.05, 0.1) is 0 Å². The first-order valence-corrected chi connectivity index (χ1v) is 3.77. The average molecular weight is 170 g/mol. The van der Waals surface area contributed by atoms with Crippen LogP contribution in [0.3, 0.4) is 0 Å². The summed E-state index contributed by atoms with van der Waals surface area (Å²) >= 11 is 0. The number of hydrogen-bond acceptors (Lipinski definition) is 4. The van der Waals surface area contributed by atoms with E-state index in [4.69, 9.17) is 10.4 Å². The largest absolute Gasteiger partial charge is 0.412 e. The lowest BCUT2D eigenvalue weighted by molar-refractivity contribution is -0.0238. The van der Waals surface area contributed by atoms with Crippen LogP contribution in [-0.4, -0.2) is 35.5 Å². The molecule has 1 unspecified atom stereocenters. The molecule has 5 nitrogen and oxygen atoms in total. The number of rotatable bonds is 1. The van der Waals surface area contributed by atoms with E-state index in [-0.39, 0.29) is 0 Å². The number of amides is 1. The maximum Gasteiger partial charge on any atom is 0.412 e. The molecular formula is C7H10N2O3. The van der Waals surface area contributed by atoms with Crippen LogP contribution in [0.15, 0.2) is 0 Å². The van der Waals surface area contributed by atoms with Crippen LogP contribution in [0.5, 0.6) is 0 Å². The Bertz CT molecular complexity index is 205. The van der Waals surface area contributed by atoms with Crippen LogP contribution in [0.25, 0.3) is 0 Å². The molecule has 12 heavy (non-hydrogen) atoms. The van der Waals surface area contributed by atoms with Gasteiger partial charge >= 0.3 is 6.09 Å². The van der Waals surface area contributed by atoms with Crippen LogP contribution in [0.2, 0.25) is 0 Å². The first kappa shape index (κ1) is 8.81. The summed E-state index contributed by atoms with van der Waals surface area (Å²) in [5.74, 6) is 0. The fraction of sp³-hybridized carbons (Fsp3) is 0.714. The molecule has 0 aromatic carbocycles. The van der Waals surface area contributed by atoms with E-state index in [9.17, 15) is 4.79 Å². The molecule has 0 aromatic rings. The first-order valence-electron chi connectivity index (χ1n) is 3.77. The van der Waals surface area contributed by atoms with E-state index in [1.165, 1.54) is 11.0 Å². The van der Waals surface area contributed by atoms with Crippen LogP contribution >= 0.6 is 0 Å². The highest BCUT2D eigenvalue weighted by molar-refractivity contribution is 5.68. The van der Waals surface area contributed by atoms with Crippen molar-refractivity contribution in [1.29, 1.82) is 5.26 Å². The lowest BCUT2D eigenvalue weighted by atomic mass is 10.4. The van der Waals surface area contributed by atoms with Gasteiger partial charge in [0.2, 0.25) is 0 Å². The molecule has 0 spiro atoms. The van der Waals surface area contributed by atoms with Gasteiger partial charge in [0.1, 0.15) is 6.07 Å². The molecule has 5 heteroatoms. The molecule has 1 atom stereocenters. The summed E-state index contributed by atoms with van der Waals surface area (Å²) in [6.07, 6.45) is -0.338. The molecule has 1 amide bonds. The third-order valence-corrected chi connectivity index (χ3v) is 1.69. The number of hydrogen-bond donors (Lipinski definition) is 1. The first-order chi connectivity index (χ1) is 5.74. The summed E-state index contributed by atoms with van der Waals surface area (Å²) < 4.78 is 4.36. The highest BCUT2D eigenvalue weighted by Gasteiger charge is 2.21. The molecule has 1 heterocycles. The third kappa shape index (κ3) is 2.10. The number of aliphatic hydroxyl groups is 1. The van der Waals surface area contributed by atoms with Crippen LogP contribution in [0.4, 0.5) is 4.79 Å². The molecule has 1 aliphatic rings. The van der Waals surface area contributed by atoms with E-state index in [1.807, 2.05) is 0 Å². The third-order valence-electron chi connectivity index (χ3n) is 1.69. The van der Waals surface area contributed by atoms with Gasteiger partial charge in [0, 0.05) is 13.1 Å². The van der Waals surface area contributed by atoms with Gasteiger partial charge in [-0.3, -0.25) is 0 Å². The van der Waals surface area contributed by atoms with Gasteiger partial charge in [0.25, 0.3) is 6.29 Å². The number of ether oxygens (including phenoxy) is 1. The van der Waals surface area contributed by atoms with Gasteiger partial charge in [-0.25, -0.2) is 4.79 Å². The molecule has 0 bridgehead atoms. The van der Waals surface area contributed by atoms with Crippen molar-refractivity contribution in [2.75, 3.05) is 13.1 Å². The number of nitrogens with zero attached hydrogens (tertiary/aromatic N) is 2. The minimum Gasteiger partial charge on any atom is -0.405 e. The van der Waals surface area contributed by atoms with Crippen molar-refractivity contribution >= 4 is 6.09 Å². The van der Waals surface area contributed by atoms with Crippen molar-refractivity contribution in [2.45, 2.75) is 19.1 Å². The second-order valence-electron chi connectivity index (χ2n) is 2.56. The summed E-state index contributed by atoms with van der Waals surface area (Å²) in [5, 5.41) is 16.8. The second-order valence-corrected chi connectivity index (χ2v) is 2.56. The maximum atomic E-state index is 11.0. The quantitative estimate of drug-likeness (QED) is 0.446. The van der Waals surface area contributed by atoms with Crippen LogP contribution in [-0.2, 0) is 4.74 Å². The lowest BCUT2D eigenvalue weighted by Crippen LogP contribution is -2.31. The molecule has 0 saturated carbocycles. The van der Waals surface area contributed by atoms with E-state index in [0.29, 0.717) is 13.1 Å². The molecule has 1 saturated heterocycles. The minimum atomic E-state index is -1.64.